The molecule has 6 heteroatoms. The van der Waals surface area contributed by atoms with Crippen LogP contribution >= 0.6 is 0 Å². The molecule has 1 aromatic rings. The van der Waals surface area contributed by atoms with Gasteiger partial charge < -0.3 is 14.7 Å². The highest BCUT2D eigenvalue weighted by Crippen LogP contribution is 2.11. The van der Waals surface area contributed by atoms with Crippen molar-refractivity contribution in [2.45, 2.75) is 32.5 Å². The minimum Gasteiger partial charge on any atom is -0.389 e. The van der Waals surface area contributed by atoms with Gasteiger partial charge in [0.1, 0.15) is 5.82 Å². The summed E-state index contributed by atoms with van der Waals surface area (Å²) in [6, 6.07) is 5.62. The number of nitrogens with zero attached hydrogens (tertiary/aromatic N) is 2. The second kappa shape index (κ2) is 8.05. The van der Waals surface area contributed by atoms with Crippen molar-refractivity contribution < 1.29 is 19.0 Å². The van der Waals surface area contributed by atoms with Crippen molar-refractivity contribution in [3.63, 3.8) is 0 Å². The standard InChI is InChI=1S/C18H27FN2O3/c1-18(2,3)24-13-16(22)12-20-8-10-21(11-9-20)17(23)14-4-6-15(19)7-5-14/h4-7,16,22H,8-13H2,1-3H3. The third kappa shape index (κ3) is 5.85. The number of piperazine rings is 1. The number of benzene rings is 1. The fraction of sp³-hybridized carbons (Fsp3) is 0.611. The highest BCUT2D eigenvalue weighted by Gasteiger charge is 2.24. The number of aliphatic hydroxyl groups is 1. The van der Waals surface area contributed by atoms with Crippen molar-refractivity contribution in [1.82, 2.24) is 9.80 Å². The second-order valence-electron chi connectivity index (χ2n) is 7.18. The van der Waals surface area contributed by atoms with Gasteiger partial charge in [0.2, 0.25) is 0 Å². The molecule has 0 bridgehead atoms. The zero-order valence-corrected chi connectivity index (χ0v) is 14.7. The molecule has 0 spiro atoms. The summed E-state index contributed by atoms with van der Waals surface area (Å²) in [6.45, 7) is 9.33. The largest absolute Gasteiger partial charge is 0.389 e. The van der Waals surface area contributed by atoms with E-state index in [2.05, 4.69) is 4.90 Å². The fourth-order valence-electron chi connectivity index (χ4n) is 2.61. The number of aliphatic hydroxyl groups excluding tert-OH is 1. The number of rotatable bonds is 5. The number of ether oxygens (including phenoxy) is 1. The number of β-amino-alcohol motifs (C(OH)–C–C–N with tert-alkyl or cyclic N) is 1. The first-order chi connectivity index (χ1) is 11.2. The summed E-state index contributed by atoms with van der Waals surface area (Å²) in [6.07, 6.45) is -0.538. The van der Waals surface area contributed by atoms with Crippen LogP contribution in [0.1, 0.15) is 31.1 Å². The Hall–Kier alpha value is -1.50. The fourth-order valence-corrected chi connectivity index (χ4v) is 2.61. The first-order valence-corrected chi connectivity index (χ1v) is 8.34. The van der Waals surface area contributed by atoms with E-state index in [1.165, 1.54) is 24.3 Å². The van der Waals surface area contributed by atoms with Gasteiger partial charge >= 0.3 is 0 Å². The lowest BCUT2D eigenvalue weighted by molar-refractivity contribution is -0.0581. The van der Waals surface area contributed by atoms with E-state index in [9.17, 15) is 14.3 Å². The topological polar surface area (TPSA) is 53.0 Å². The predicted octanol–water partition coefficient (Wildman–Crippen LogP) is 1.76. The Bertz CT molecular complexity index is 534. The van der Waals surface area contributed by atoms with Gasteiger partial charge in [-0.15, -0.1) is 0 Å². The van der Waals surface area contributed by atoms with Gasteiger partial charge in [-0.05, 0) is 45.0 Å². The highest BCUT2D eigenvalue weighted by atomic mass is 19.1. The minimum atomic E-state index is -0.538. The van der Waals surface area contributed by atoms with Crippen LogP contribution in [0.2, 0.25) is 0 Å². The average molecular weight is 338 g/mol. The Balaban J connectivity index is 1.76. The van der Waals surface area contributed by atoms with Crippen molar-refractivity contribution in [2.24, 2.45) is 0 Å². The molecule has 0 saturated carbocycles. The van der Waals surface area contributed by atoms with Crippen LogP contribution in [0.3, 0.4) is 0 Å². The molecule has 1 N–H and O–H groups in total. The number of amides is 1. The van der Waals surface area contributed by atoms with Crippen LogP contribution < -0.4 is 0 Å². The van der Waals surface area contributed by atoms with Crippen LogP contribution in [0.15, 0.2) is 24.3 Å². The molecule has 134 valence electrons. The number of carbonyl (C=O) groups excluding carboxylic acids is 1. The van der Waals surface area contributed by atoms with Crippen LogP contribution in [0.4, 0.5) is 4.39 Å². The third-order valence-electron chi connectivity index (χ3n) is 3.93. The van der Waals surface area contributed by atoms with Gasteiger partial charge in [-0.25, -0.2) is 4.39 Å². The van der Waals surface area contributed by atoms with Gasteiger partial charge in [-0.3, -0.25) is 9.69 Å². The van der Waals surface area contributed by atoms with Gasteiger partial charge in [0.05, 0.1) is 18.3 Å². The third-order valence-corrected chi connectivity index (χ3v) is 3.93. The molecule has 1 aliphatic rings. The molecule has 1 aromatic carbocycles. The van der Waals surface area contributed by atoms with Crippen LogP contribution in [-0.2, 0) is 4.74 Å². The first-order valence-electron chi connectivity index (χ1n) is 8.34. The monoisotopic (exact) mass is 338 g/mol. The summed E-state index contributed by atoms with van der Waals surface area (Å²) < 4.78 is 18.5. The summed E-state index contributed by atoms with van der Waals surface area (Å²) in [5, 5.41) is 10.1. The molecule has 1 fully saturated rings. The van der Waals surface area contributed by atoms with Crippen molar-refractivity contribution in [2.75, 3.05) is 39.3 Å². The molecular weight excluding hydrogens is 311 g/mol. The molecule has 1 aliphatic heterocycles. The van der Waals surface area contributed by atoms with Crippen LogP contribution in [-0.4, -0.2) is 71.8 Å². The van der Waals surface area contributed by atoms with Crippen LogP contribution in [0, 0.1) is 5.82 Å². The zero-order valence-electron chi connectivity index (χ0n) is 14.7. The lowest BCUT2D eigenvalue weighted by Gasteiger charge is -2.36. The van der Waals surface area contributed by atoms with E-state index in [-0.39, 0.29) is 17.3 Å². The average Bonchev–Trinajstić information content (AvgIpc) is 2.53. The Morgan fingerprint density at radius 1 is 1.21 bits per heavy atom. The van der Waals surface area contributed by atoms with Gasteiger partial charge in [0, 0.05) is 38.3 Å². The zero-order chi connectivity index (χ0) is 17.7. The van der Waals surface area contributed by atoms with E-state index in [1.54, 1.807) is 4.90 Å². The SMILES string of the molecule is CC(C)(C)OCC(O)CN1CCN(C(=O)c2ccc(F)cc2)CC1. The number of hydrogen-bond acceptors (Lipinski definition) is 4. The van der Waals surface area contributed by atoms with Crippen molar-refractivity contribution in [3.8, 4) is 0 Å². The Morgan fingerprint density at radius 2 is 1.79 bits per heavy atom. The molecule has 1 heterocycles. The van der Waals surface area contributed by atoms with E-state index in [0.717, 1.165) is 0 Å². The van der Waals surface area contributed by atoms with E-state index in [1.807, 2.05) is 20.8 Å². The molecule has 1 atom stereocenters. The van der Waals surface area contributed by atoms with Gasteiger partial charge in [0.25, 0.3) is 5.91 Å². The molecule has 1 unspecified atom stereocenters. The molecule has 0 aliphatic carbocycles. The van der Waals surface area contributed by atoms with Gasteiger partial charge in [-0.1, -0.05) is 0 Å². The van der Waals surface area contributed by atoms with Gasteiger partial charge in [0.15, 0.2) is 0 Å². The highest BCUT2D eigenvalue weighted by molar-refractivity contribution is 5.94. The van der Waals surface area contributed by atoms with E-state index < -0.39 is 6.10 Å². The van der Waals surface area contributed by atoms with Crippen LogP contribution in [0.25, 0.3) is 0 Å². The van der Waals surface area contributed by atoms with E-state index in [0.29, 0.717) is 44.9 Å². The molecule has 0 aromatic heterocycles. The maximum absolute atomic E-state index is 12.9. The summed E-state index contributed by atoms with van der Waals surface area (Å²) in [5.74, 6) is -0.422. The lowest BCUT2D eigenvalue weighted by Crippen LogP contribution is -2.51. The maximum Gasteiger partial charge on any atom is 0.253 e. The lowest BCUT2D eigenvalue weighted by atomic mass is 10.1. The summed E-state index contributed by atoms with van der Waals surface area (Å²) in [5.41, 5.74) is 0.241. The predicted molar refractivity (Wildman–Crippen MR) is 90.5 cm³/mol. The van der Waals surface area contributed by atoms with Gasteiger partial charge in [-0.2, -0.15) is 0 Å². The maximum atomic E-state index is 12.9. The quantitative estimate of drug-likeness (QED) is 0.889. The number of carbonyl (C=O) groups is 1. The molecule has 2 rings (SSSR count). The molecule has 1 saturated heterocycles. The number of hydrogen-bond donors (Lipinski definition) is 1. The summed E-state index contributed by atoms with van der Waals surface area (Å²) >= 11 is 0. The molecule has 1 amide bonds. The molecule has 0 radical (unpaired) electrons. The Labute approximate surface area is 143 Å². The number of halogens is 1. The minimum absolute atomic E-state index is 0.0775. The van der Waals surface area contributed by atoms with Crippen LogP contribution in [0.5, 0.6) is 0 Å². The molecular formula is C18H27FN2O3. The van der Waals surface area contributed by atoms with Crippen molar-refractivity contribution in [1.29, 1.82) is 0 Å². The molecule has 24 heavy (non-hydrogen) atoms. The van der Waals surface area contributed by atoms with E-state index >= 15 is 0 Å². The normalized spacial score (nSPS) is 17.8. The smallest absolute Gasteiger partial charge is 0.253 e. The Morgan fingerprint density at radius 3 is 2.33 bits per heavy atom. The first kappa shape index (κ1) is 18.8. The summed E-state index contributed by atoms with van der Waals surface area (Å²) in [4.78, 5) is 16.3. The van der Waals surface area contributed by atoms with Crippen molar-refractivity contribution in [3.05, 3.63) is 35.6 Å². The summed E-state index contributed by atoms with van der Waals surface area (Å²) in [7, 11) is 0. The van der Waals surface area contributed by atoms with Crippen molar-refractivity contribution >= 4 is 5.91 Å². The second-order valence-corrected chi connectivity index (χ2v) is 7.18. The molecule has 5 nitrogen and oxygen atoms in total. The Kier molecular flexibility index (Phi) is 6.32. The van der Waals surface area contributed by atoms with E-state index in [4.69, 9.17) is 4.74 Å².